The number of hydrogen-bond donors (Lipinski definition) is 1. The number of pyridine rings is 2. The van der Waals surface area contributed by atoms with Crippen LogP contribution in [0.1, 0.15) is 12.8 Å². The molecular formula is C23H22ClFN6. The Morgan fingerprint density at radius 1 is 1.19 bits per heavy atom. The third kappa shape index (κ3) is 3.42. The molecule has 1 aliphatic carbocycles. The van der Waals surface area contributed by atoms with Gasteiger partial charge in [-0.2, -0.15) is 5.10 Å². The number of halogens is 2. The molecule has 8 heteroatoms. The number of piperazine rings is 1. The molecule has 3 aromatic heterocycles. The molecule has 1 atom stereocenters. The Bertz CT molecular complexity index is 1310. The third-order valence-corrected chi connectivity index (χ3v) is 6.65. The highest BCUT2D eigenvalue weighted by Gasteiger charge is 2.34. The summed E-state index contributed by atoms with van der Waals surface area (Å²) in [7, 11) is 1.77. The normalized spacial score (nSPS) is 19.5. The Hall–Kier alpha value is -2.77. The van der Waals surface area contributed by atoms with Crippen LogP contribution >= 0.6 is 11.6 Å². The summed E-state index contributed by atoms with van der Waals surface area (Å²) in [5, 5.41) is 9.90. The molecule has 0 spiro atoms. The number of nitrogens with one attached hydrogen (secondary N) is 1. The van der Waals surface area contributed by atoms with E-state index in [2.05, 4.69) is 31.3 Å². The Kier molecular flexibility index (Phi) is 4.36. The molecule has 1 aliphatic heterocycles. The van der Waals surface area contributed by atoms with E-state index < -0.39 is 0 Å². The molecule has 4 aromatic rings. The number of aromatic nitrogens is 4. The van der Waals surface area contributed by atoms with Crippen LogP contribution in [-0.4, -0.2) is 45.4 Å². The Labute approximate surface area is 184 Å². The lowest BCUT2D eigenvalue weighted by molar-refractivity contribution is 0.419. The van der Waals surface area contributed by atoms with Crippen LogP contribution < -0.4 is 10.2 Å². The lowest BCUT2D eigenvalue weighted by Gasteiger charge is -2.35. The third-order valence-electron chi connectivity index (χ3n) is 6.33. The molecule has 2 aliphatic rings. The van der Waals surface area contributed by atoms with Crippen LogP contribution in [0.2, 0.25) is 5.02 Å². The van der Waals surface area contributed by atoms with E-state index in [1.165, 1.54) is 18.9 Å². The predicted molar refractivity (Wildman–Crippen MR) is 121 cm³/mol. The Balaban J connectivity index is 1.37. The minimum atomic E-state index is -0.377. The highest BCUT2D eigenvalue weighted by atomic mass is 35.5. The molecule has 0 bridgehead atoms. The van der Waals surface area contributed by atoms with Crippen molar-refractivity contribution in [1.29, 1.82) is 0 Å². The monoisotopic (exact) mass is 436 g/mol. The van der Waals surface area contributed by atoms with Gasteiger partial charge >= 0.3 is 0 Å². The van der Waals surface area contributed by atoms with Crippen molar-refractivity contribution >= 4 is 39.2 Å². The van der Waals surface area contributed by atoms with Gasteiger partial charge in [0, 0.05) is 55.3 Å². The first-order valence-electron chi connectivity index (χ1n) is 10.6. The lowest BCUT2D eigenvalue weighted by Crippen LogP contribution is -2.51. The van der Waals surface area contributed by atoms with Gasteiger partial charge < -0.3 is 10.2 Å². The van der Waals surface area contributed by atoms with Crippen molar-refractivity contribution < 1.29 is 4.39 Å². The summed E-state index contributed by atoms with van der Waals surface area (Å²) < 4.78 is 16.2. The zero-order valence-corrected chi connectivity index (χ0v) is 17.9. The van der Waals surface area contributed by atoms with Crippen LogP contribution in [-0.2, 0) is 7.05 Å². The van der Waals surface area contributed by atoms with Gasteiger partial charge in [-0.15, -0.1) is 0 Å². The molecule has 1 aromatic carbocycles. The van der Waals surface area contributed by atoms with Gasteiger partial charge in [0.25, 0.3) is 0 Å². The van der Waals surface area contributed by atoms with Crippen LogP contribution in [0, 0.1) is 11.7 Å². The maximum atomic E-state index is 14.5. The van der Waals surface area contributed by atoms with Gasteiger partial charge in [0.05, 0.1) is 22.6 Å². The topological polar surface area (TPSA) is 58.9 Å². The SMILES string of the molecule is Cn1cc2cc(-c3cc(Cl)c4cc(N5CCNC(C6CC6)C5)cnc4n3)cc(F)c2n1. The summed E-state index contributed by atoms with van der Waals surface area (Å²) in [5.41, 5.74) is 3.23. The van der Waals surface area contributed by atoms with Crippen LogP contribution in [0.15, 0.2) is 36.7 Å². The smallest absolute Gasteiger partial charge is 0.161 e. The fourth-order valence-corrected chi connectivity index (χ4v) is 4.81. The van der Waals surface area contributed by atoms with E-state index >= 15 is 0 Å². The lowest BCUT2D eigenvalue weighted by atomic mass is 10.1. The van der Waals surface area contributed by atoms with Gasteiger partial charge in [0.2, 0.25) is 0 Å². The van der Waals surface area contributed by atoms with Gasteiger partial charge in [-0.05, 0) is 43.0 Å². The summed E-state index contributed by atoms with van der Waals surface area (Å²) in [6, 6.07) is 7.74. The molecule has 31 heavy (non-hydrogen) atoms. The fourth-order valence-electron chi connectivity index (χ4n) is 4.56. The van der Waals surface area contributed by atoms with Crippen molar-refractivity contribution in [3.63, 3.8) is 0 Å². The van der Waals surface area contributed by atoms with Crippen molar-refractivity contribution in [3.05, 3.63) is 47.5 Å². The fraction of sp³-hybridized carbons (Fsp3) is 0.348. The molecule has 2 fully saturated rings. The van der Waals surface area contributed by atoms with Crippen LogP contribution in [0.3, 0.4) is 0 Å². The van der Waals surface area contributed by atoms with Crippen molar-refractivity contribution in [2.75, 3.05) is 24.5 Å². The van der Waals surface area contributed by atoms with Crippen molar-refractivity contribution in [2.45, 2.75) is 18.9 Å². The number of nitrogens with zero attached hydrogens (tertiary/aromatic N) is 5. The quantitative estimate of drug-likeness (QED) is 0.522. The van der Waals surface area contributed by atoms with Gasteiger partial charge in [0.1, 0.15) is 5.52 Å². The number of aryl methyl sites for hydroxylation is 1. The summed E-state index contributed by atoms with van der Waals surface area (Å²) in [5.74, 6) is 0.430. The number of fused-ring (bicyclic) bond motifs is 2. The van der Waals surface area contributed by atoms with E-state index in [1.54, 1.807) is 24.0 Å². The van der Waals surface area contributed by atoms with Crippen LogP contribution in [0.25, 0.3) is 33.2 Å². The first-order chi connectivity index (χ1) is 15.0. The maximum absolute atomic E-state index is 14.5. The molecule has 1 unspecified atom stereocenters. The number of rotatable bonds is 3. The minimum Gasteiger partial charge on any atom is -0.367 e. The van der Waals surface area contributed by atoms with Crippen molar-refractivity contribution in [1.82, 2.24) is 25.1 Å². The van der Waals surface area contributed by atoms with E-state index in [-0.39, 0.29) is 5.82 Å². The van der Waals surface area contributed by atoms with E-state index in [0.717, 1.165) is 42.0 Å². The molecule has 0 radical (unpaired) electrons. The maximum Gasteiger partial charge on any atom is 0.161 e. The summed E-state index contributed by atoms with van der Waals surface area (Å²) in [6.07, 6.45) is 6.31. The Morgan fingerprint density at radius 2 is 2.06 bits per heavy atom. The molecule has 1 N–H and O–H groups in total. The molecule has 6 nitrogen and oxygen atoms in total. The second-order valence-corrected chi connectivity index (χ2v) is 9.00. The first kappa shape index (κ1) is 19.0. The van der Waals surface area contributed by atoms with Gasteiger partial charge in [-0.25, -0.2) is 14.4 Å². The van der Waals surface area contributed by atoms with E-state index in [0.29, 0.717) is 33.5 Å². The Morgan fingerprint density at radius 3 is 2.90 bits per heavy atom. The van der Waals surface area contributed by atoms with Crippen molar-refractivity contribution in [3.8, 4) is 11.3 Å². The average molecular weight is 437 g/mol. The number of benzene rings is 1. The van der Waals surface area contributed by atoms with Gasteiger partial charge in [0.15, 0.2) is 11.5 Å². The van der Waals surface area contributed by atoms with Crippen LogP contribution in [0.5, 0.6) is 0 Å². The van der Waals surface area contributed by atoms with Crippen LogP contribution in [0.4, 0.5) is 10.1 Å². The average Bonchev–Trinajstić information content (AvgIpc) is 3.55. The highest BCUT2D eigenvalue weighted by Crippen LogP contribution is 2.35. The number of hydrogen-bond acceptors (Lipinski definition) is 5. The molecule has 4 heterocycles. The highest BCUT2D eigenvalue weighted by molar-refractivity contribution is 6.35. The summed E-state index contributed by atoms with van der Waals surface area (Å²) >= 11 is 6.65. The molecule has 158 valence electrons. The molecule has 0 amide bonds. The second-order valence-electron chi connectivity index (χ2n) is 8.60. The second kappa shape index (κ2) is 7.14. The van der Waals surface area contributed by atoms with E-state index in [1.807, 2.05) is 12.3 Å². The summed E-state index contributed by atoms with van der Waals surface area (Å²) in [6.45, 7) is 2.92. The molecule has 6 rings (SSSR count). The molecule has 1 saturated heterocycles. The van der Waals surface area contributed by atoms with E-state index in [9.17, 15) is 4.39 Å². The predicted octanol–water partition coefficient (Wildman–Crippen LogP) is 4.16. The standard InChI is InChI=1S/C23H22ClFN6/c1-30-11-15-6-14(7-19(25)22(15)29-30)20-9-18(24)17-8-16(10-27-23(17)28-20)31-5-4-26-21(12-31)13-2-3-13/h6-11,13,21,26H,2-5,12H2,1H3. The zero-order valence-electron chi connectivity index (χ0n) is 17.1. The first-order valence-corrected chi connectivity index (χ1v) is 11.0. The minimum absolute atomic E-state index is 0.349. The van der Waals surface area contributed by atoms with Gasteiger partial charge in [-0.3, -0.25) is 4.68 Å². The van der Waals surface area contributed by atoms with Gasteiger partial charge in [-0.1, -0.05) is 11.6 Å². The largest absolute Gasteiger partial charge is 0.367 e. The molecular weight excluding hydrogens is 415 g/mol. The zero-order chi connectivity index (χ0) is 21.1. The number of anilines is 1. The molecule has 1 saturated carbocycles. The van der Waals surface area contributed by atoms with Crippen molar-refractivity contribution in [2.24, 2.45) is 13.0 Å². The summed E-state index contributed by atoms with van der Waals surface area (Å²) in [4.78, 5) is 11.7. The van der Waals surface area contributed by atoms with E-state index in [4.69, 9.17) is 11.6 Å².